The van der Waals surface area contributed by atoms with Gasteiger partial charge in [-0.3, -0.25) is 14.0 Å². The van der Waals surface area contributed by atoms with Gasteiger partial charge in [-0.15, -0.1) is 0 Å². The maximum absolute atomic E-state index is 12.7. The Balaban J connectivity index is 1.23. The van der Waals surface area contributed by atoms with Crippen LogP contribution >= 0.6 is 0 Å². The van der Waals surface area contributed by atoms with Crippen LogP contribution in [-0.2, 0) is 4.79 Å². The Kier molecular flexibility index (Phi) is 6.69. The Morgan fingerprint density at radius 1 is 0.939 bits per heavy atom. The molecule has 0 bridgehead atoms. The molecule has 33 heavy (non-hydrogen) atoms. The van der Waals surface area contributed by atoms with Crippen molar-refractivity contribution in [3.8, 4) is 11.5 Å². The number of aryl methyl sites for hydroxylation is 2. The van der Waals surface area contributed by atoms with Crippen molar-refractivity contribution < 1.29 is 14.3 Å². The quantitative estimate of drug-likeness (QED) is 0.381. The SMILES string of the molecule is Cc1nc2c(C)cccn2c1C(=O)NCCCC(=O)Nc1ccc(Oc2ccccc2)cc1. The number of pyridine rings is 1. The van der Waals surface area contributed by atoms with E-state index in [2.05, 4.69) is 15.6 Å². The van der Waals surface area contributed by atoms with Gasteiger partial charge in [0.1, 0.15) is 22.8 Å². The first-order chi connectivity index (χ1) is 16.0. The van der Waals surface area contributed by atoms with Crippen LogP contribution in [0.5, 0.6) is 11.5 Å². The molecule has 0 saturated heterocycles. The van der Waals surface area contributed by atoms with E-state index in [1.165, 1.54) is 0 Å². The lowest BCUT2D eigenvalue weighted by molar-refractivity contribution is -0.116. The molecule has 0 unspecified atom stereocenters. The molecule has 0 aliphatic carbocycles. The van der Waals surface area contributed by atoms with E-state index in [4.69, 9.17) is 4.74 Å². The van der Waals surface area contributed by atoms with E-state index in [1.807, 2.05) is 74.6 Å². The summed E-state index contributed by atoms with van der Waals surface area (Å²) in [5.41, 5.74) is 3.69. The van der Waals surface area contributed by atoms with Gasteiger partial charge in [0.15, 0.2) is 0 Å². The molecule has 0 saturated carbocycles. The van der Waals surface area contributed by atoms with E-state index in [0.717, 1.165) is 17.0 Å². The average molecular weight is 443 g/mol. The number of hydrogen-bond acceptors (Lipinski definition) is 4. The monoisotopic (exact) mass is 442 g/mol. The second-order valence-electron chi connectivity index (χ2n) is 7.78. The molecule has 2 N–H and O–H groups in total. The summed E-state index contributed by atoms with van der Waals surface area (Å²) < 4.78 is 7.56. The number of hydrogen-bond donors (Lipinski definition) is 2. The molecule has 7 nitrogen and oxygen atoms in total. The minimum atomic E-state index is -0.194. The topological polar surface area (TPSA) is 84.7 Å². The molecular weight excluding hydrogens is 416 g/mol. The molecular formula is C26H26N4O3. The molecule has 0 spiro atoms. The highest BCUT2D eigenvalue weighted by atomic mass is 16.5. The molecule has 0 aliphatic heterocycles. The number of aromatic nitrogens is 2. The van der Waals surface area contributed by atoms with Gasteiger partial charge >= 0.3 is 0 Å². The largest absolute Gasteiger partial charge is 0.457 e. The second-order valence-corrected chi connectivity index (χ2v) is 7.78. The molecule has 7 heteroatoms. The third-order valence-electron chi connectivity index (χ3n) is 5.22. The van der Waals surface area contributed by atoms with Crippen molar-refractivity contribution in [1.82, 2.24) is 14.7 Å². The zero-order valence-electron chi connectivity index (χ0n) is 18.7. The lowest BCUT2D eigenvalue weighted by Gasteiger charge is -2.09. The van der Waals surface area contributed by atoms with Crippen molar-refractivity contribution in [2.75, 3.05) is 11.9 Å². The summed E-state index contributed by atoms with van der Waals surface area (Å²) in [6.45, 7) is 4.19. The minimum Gasteiger partial charge on any atom is -0.457 e. The lowest BCUT2D eigenvalue weighted by Crippen LogP contribution is -2.27. The summed E-state index contributed by atoms with van der Waals surface area (Å²) in [5, 5.41) is 5.76. The third kappa shape index (κ3) is 5.38. The maximum Gasteiger partial charge on any atom is 0.270 e. The smallest absolute Gasteiger partial charge is 0.270 e. The van der Waals surface area contributed by atoms with Crippen molar-refractivity contribution in [3.63, 3.8) is 0 Å². The Bertz CT molecular complexity index is 1260. The van der Waals surface area contributed by atoms with Crippen molar-refractivity contribution in [1.29, 1.82) is 0 Å². The predicted octanol–water partition coefficient (Wildman–Crippen LogP) is 4.89. The van der Waals surface area contributed by atoms with Crippen molar-refractivity contribution in [2.24, 2.45) is 0 Å². The van der Waals surface area contributed by atoms with E-state index in [1.54, 1.807) is 16.5 Å². The average Bonchev–Trinajstić information content (AvgIpc) is 3.16. The van der Waals surface area contributed by atoms with Gasteiger partial charge in [0.05, 0.1) is 5.69 Å². The summed E-state index contributed by atoms with van der Waals surface area (Å²) in [7, 11) is 0. The van der Waals surface area contributed by atoms with Crippen LogP contribution in [0.4, 0.5) is 5.69 Å². The highest BCUT2D eigenvalue weighted by molar-refractivity contribution is 5.95. The Labute approximate surface area is 192 Å². The number of benzene rings is 2. The van der Waals surface area contributed by atoms with E-state index in [0.29, 0.717) is 42.2 Å². The molecule has 0 aliphatic rings. The Morgan fingerprint density at radius 2 is 1.67 bits per heavy atom. The van der Waals surface area contributed by atoms with Crippen LogP contribution in [0.1, 0.15) is 34.6 Å². The zero-order valence-corrected chi connectivity index (χ0v) is 18.7. The Hall–Kier alpha value is -4.13. The zero-order chi connectivity index (χ0) is 23.2. The molecule has 2 aromatic heterocycles. The second kappa shape index (κ2) is 9.99. The van der Waals surface area contributed by atoms with Gasteiger partial charge in [0.2, 0.25) is 5.91 Å². The first-order valence-electron chi connectivity index (χ1n) is 10.9. The molecule has 4 rings (SSSR count). The molecule has 4 aromatic rings. The summed E-state index contributed by atoms with van der Waals surface area (Å²) in [4.78, 5) is 29.4. The fraction of sp³-hybridized carbons (Fsp3) is 0.192. The van der Waals surface area contributed by atoms with Crippen LogP contribution in [0.3, 0.4) is 0 Å². The van der Waals surface area contributed by atoms with Gasteiger partial charge < -0.3 is 15.4 Å². The minimum absolute atomic E-state index is 0.109. The van der Waals surface area contributed by atoms with E-state index in [9.17, 15) is 9.59 Å². The van der Waals surface area contributed by atoms with Gasteiger partial charge in [-0.25, -0.2) is 4.98 Å². The van der Waals surface area contributed by atoms with Crippen molar-refractivity contribution in [2.45, 2.75) is 26.7 Å². The highest BCUT2D eigenvalue weighted by Crippen LogP contribution is 2.22. The number of carbonyl (C=O) groups is 2. The van der Waals surface area contributed by atoms with Gasteiger partial charge in [0, 0.05) is 24.8 Å². The van der Waals surface area contributed by atoms with Crippen LogP contribution in [0.25, 0.3) is 5.65 Å². The van der Waals surface area contributed by atoms with Crippen LogP contribution in [0.15, 0.2) is 72.9 Å². The van der Waals surface area contributed by atoms with Crippen molar-refractivity contribution in [3.05, 3.63) is 89.9 Å². The summed E-state index contributed by atoms with van der Waals surface area (Å²) >= 11 is 0. The van der Waals surface area contributed by atoms with Crippen molar-refractivity contribution >= 4 is 23.1 Å². The summed E-state index contributed by atoms with van der Waals surface area (Å²) in [6, 6.07) is 20.6. The van der Waals surface area contributed by atoms with Crippen LogP contribution in [0.2, 0.25) is 0 Å². The number of fused-ring (bicyclic) bond motifs is 1. The lowest BCUT2D eigenvalue weighted by atomic mass is 10.2. The van der Waals surface area contributed by atoms with Crippen LogP contribution in [-0.4, -0.2) is 27.7 Å². The molecule has 0 atom stereocenters. The molecule has 168 valence electrons. The number of para-hydroxylation sites is 1. The number of nitrogens with one attached hydrogen (secondary N) is 2. The van der Waals surface area contributed by atoms with Gasteiger partial charge in [-0.05, 0) is 68.3 Å². The predicted molar refractivity (Wildman–Crippen MR) is 128 cm³/mol. The first-order valence-corrected chi connectivity index (χ1v) is 10.9. The fourth-order valence-corrected chi connectivity index (χ4v) is 3.58. The van der Waals surface area contributed by atoms with Crippen LogP contribution in [0, 0.1) is 13.8 Å². The molecule has 0 radical (unpaired) electrons. The number of imidazole rings is 1. The van der Waals surface area contributed by atoms with Crippen LogP contribution < -0.4 is 15.4 Å². The number of rotatable bonds is 8. The third-order valence-corrected chi connectivity index (χ3v) is 5.22. The van der Waals surface area contributed by atoms with E-state index < -0.39 is 0 Å². The number of amides is 2. The van der Waals surface area contributed by atoms with Gasteiger partial charge in [-0.2, -0.15) is 0 Å². The fourth-order valence-electron chi connectivity index (χ4n) is 3.58. The molecule has 2 aromatic carbocycles. The number of anilines is 1. The normalized spacial score (nSPS) is 10.7. The summed E-state index contributed by atoms with van der Waals surface area (Å²) in [5.74, 6) is 1.15. The summed E-state index contributed by atoms with van der Waals surface area (Å²) in [6.07, 6.45) is 2.66. The Morgan fingerprint density at radius 3 is 2.42 bits per heavy atom. The molecule has 0 fully saturated rings. The maximum atomic E-state index is 12.7. The first kappa shape index (κ1) is 22.1. The standard InChI is InChI=1S/C26H26N4O3/c1-18-8-7-17-30-24(19(2)28-25(18)30)26(32)27-16-6-11-23(31)29-20-12-14-22(15-13-20)33-21-9-4-3-5-10-21/h3-5,7-10,12-15,17H,6,11,16H2,1-2H3,(H,27,32)(H,29,31). The number of nitrogens with zero attached hydrogens (tertiary/aromatic N) is 2. The highest BCUT2D eigenvalue weighted by Gasteiger charge is 2.17. The van der Waals surface area contributed by atoms with E-state index >= 15 is 0 Å². The van der Waals surface area contributed by atoms with Gasteiger partial charge in [0.25, 0.3) is 5.91 Å². The van der Waals surface area contributed by atoms with Gasteiger partial charge in [-0.1, -0.05) is 24.3 Å². The van der Waals surface area contributed by atoms with E-state index in [-0.39, 0.29) is 11.8 Å². The molecule has 2 amide bonds. The number of ether oxygens (including phenoxy) is 1. The number of carbonyl (C=O) groups excluding carboxylic acids is 2. The molecule has 2 heterocycles.